The molecule has 0 saturated carbocycles. The zero-order chi connectivity index (χ0) is 13.0. The van der Waals surface area contributed by atoms with Gasteiger partial charge in [0.1, 0.15) is 0 Å². The minimum absolute atomic E-state index is 0.0557. The van der Waals surface area contributed by atoms with Crippen LogP contribution in [0.15, 0.2) is 28.7 Å². The number of carbonyl (C=O) groups is 1. The molecule has 0 amide bonds. The molecule has 1 atom stereocenters. The summed E-state index contributed by atoms with van der Waals surface area (Å²) in [5, 5.41) is 8.94. The lowest BCUT2D eigenvalue weighted by atomic mass is 10.1. The van der Waals surface area contributed by atoms with Crippen molar-refractivity contribution < 1.29 is 9.90 Å². The first-order valence-electron chi connectivity index (χ1n) is 5.65. The van der Waals surface area contributed by atoms with Gasteiger partial charge in [-0.05, 0) is 32.4 Å². The zero-order valence-electron chi connectivity index (χ0n) is 10.4. The normalized spacial score (nSPS) is 13.1. The topological polar surface area (TPSA) is 40.5 Å². The second-order valence-electron chi connectivity index (χ2n) is 4.36. The van der Waals surface area contributed by atoms with E-state index in [0.717, 1.165) is 10.0 Å². The number of rotatable bonds is 5. The molecule has 1 aromatic rings. The molecule has 0 aromatic heterocycles. The number of hydrogen-bond acceptors (Lipinski definition) is 2. The number of hydrogen-bond donors (Lipinski definition) is 1. The van der Waals surface area contributed by atoms with Crippen LogP contribution in [0.1, 0.15) is 32.4 Å². The molecule has 94 valence electrons. The molecule has 0 aliphatic heterocycles. The van der Waals surface area contributed by atoms with E-state index in [-0.39, 0.29) is 18.6 Å². The Morgan fingerprint density at radius 2 is 1.94 bits per heavy atom. The van der Waals surface area contributed by atoms with Gasteiger partial charge >= 0.3 is 5.97 Å². The molecule has 1 rings (SSSR count). The molecule has 17 heavy (non-hydrogen) atoms. The van der Waals surface area contributed by atoms with Gasteiger partial charge in [-0.2, -0.15) is 0 Å². The minimum Gasteiger partial charge on any atom is -0.480 e. The fourth-order valence-electron chi connectivity index (χ4n) is 1.92. The maximum atomic E-state index is 10.9. The summed E-state index contributed by atoms with van der Waals surface area (Å²) in [6, 6.07) is 8.18. The third kappa shape index (κ3) is 3.82. The maximum absolute atomic E-state index is 10.9. The molecule has 0 aliphatic carbocycles. The number of carboxylic acid groups (broad SMARTS) is 1. The molecular weight excluding hydrogens is 282 g/mol. The summed E-state index contributed by atoms with van der Waals surface area (Å²) >= 11 is 3.51. The fraction of sp³-hybridized carbons (Fsp3) is 0.462. The molecule has 4 heteroatoms. The van der Waals surface area contributed by atoms with Crippen LogP contribution in [0.4, 0.5) is 0 Å². The van der Waals surface area contributed by atoms with Crippen molar-refractivity contribution >= 4 is 21.9 Å². The Labute approximate surface area is 111 Å². The van der Waals surface area contributed by atoms with Crippen molar-refractivity contribution in [2.24, 2.45) is 0 Å². The molecule has 0 heterocycles. The second kappa shape index (κ2) is 6.17. The van der Waals surface area contributed by atoms with Crippen molar-refractivity contribution in [2.45, 2.75) is 32.9 Å². The Kier molecular flexibility index (Phi) is 5.15. The van der Waals surface area contributed by atoms with Gasteiger partial charge in [0, 0.05) is 16.6 Å². The van der Waals surface area contributed by atoms with Crippen molar-refractivity contribution in [3.63, 3.8) is 0 Å². The zero-order valence-corrected chi connectivity index (χ0v) is 11.9. The number of nitrogens with zero attached hydrogens (tertiary/aromatic N) is 1. The standard InChI is InChI=1S/C13H18BrNO2/c1-9(2)15(8-13(16)17)10(3)11-6-4-5-7-12(11)14/h4-7,9-10H,8H2,1-3H3,(H,16,17). The van der Waals surface area contributed by atoms with Crippen LogP contribution in [0.3, 0.4) is 0 Å². The van der Waals surface area contributed by atoms with E-state index in [1.54, 1.807) is 0 Å². The second-order valence-corrected chi connectivity index (χ2v) is 5.21. The van der Waals surface area contributed by atoms with Gasteiger partial charge in [-0.15, -0.1) is 0 Å². The summed E-state index contributed by atoms with van der Waals surface area (Å²) < 4.78 is 1.02. The monoisotopic (exact) mass is 299 g/mol. The predicted octanol–water partition coefficient (Wildman–Crippen LogP) is 3.31. The molecule has 3 nitrogen and oxygen atoms in total. The van der Waals surface area contributed by atoms with Crippen LogP contribution in [0.2, 0.25) is 0 Å². The van der Waals surface area contributed by atoms with Crippen LogP contribution in [-0.4, -0.2) is 28.6 Å². The quantitative estimate of drug-likeness (QED) is 0.907. The third-order valence-corrected chi connectivity index (χ3v) is 3.56. The summed E-state index contributed by atoms with van der Waals surface area (Å²) in [5.74, 6) is -0.794. The van der Waals surface area contributed by atoms with Gasteiger partial charge in [0.2, 0.25) is 0 Å². The molecule has 1 aromatic carbocycles. The van der Waals surface area contributed by atoms with Gasteiger partial charge in [0.05, 0.1) is 6.54 Å². The number of aliphatic carboxylic acids is 1. The van der Waals surface area contributed by atoms with E-state index in [4.69, 9.17) is 5.11 Å². The Bertz CT molecular complexity index is 393. The Morgan fingerprint density at radius 3 is 2.41 bits per heavy atom. The van der Waals surface area contributed by atoms with E-state index in [0.29, 0.717) is 0 Å². The molecule has 0 aliphatic rings. The highest BCUT2D eigenvalue weighted by molar-refractivity contribution is 9.10. The lowest BCUT2D eigenvalue weighted by Crippen LogP contribution is -2.37. The van der Waals surface area contributed by atoms with Crippen molar-refractivity contribution in [2.75, 3.05) is 6.54 Å². The van der Waals surface area contributed by atoms with Crippen LogP contribution < -0.4 is 0 Å². The van der Waals surface area contributed by atoms with Gasteiger partial charge in [0.15, 0.2) is 0 Å². The van der Waals surface area contributed by atoms with Crippen LogP contribution >= 0.6 is 15.9 Å². The largest absolute Gasteiger partial charge is 0.480 e. The highest BCUT2D eigenvalue weighted by atomic mass is 79.9. The van der Waals surface area contributed by atoms with Crippen molar-refractivity contribution in [1.29, 1.82) is 0 Å². The molecule has 0 radical (unpaired) electrons. The van der Waals surface area contributed by atoms with E-state index < -0.39 is 5.97 Å². The minimum atomic E-state index is -0.794. The van der Waals surface area contributed by atoms with Gasteiger partial charge in [-0.3, -0.25) is 9.69 Å². The molecule has 0 bridgehead atoms. The SMILES string of the molecule is CC(C)N(CC(=O)O)C(C)c1ccccc1Br. The average molecular weight is 300 g/mol. The molecule has 0 fully saturated rings. The summed E-state index contributed by atoms with van der Waals surface area (Å²) in [6.07, 6.45) is 0. The first kappa shape index (κ1) is 14.2. The molecular formula is C13H18BrNO2. The molecule has 0 spiro atoms. The van der Waals surface area contributed by atoms with Crippen LogP contribution in [0.25, 0.3) is 0 Å². The summed E-state index contributed by atoms with van der Waals surface area (Å²) in [6.45, 7) is 6.11. The lowest BCUT2D eigenvalue weighted by Gasteiger charge is -2.32. The molecule has 1 unspecified atom stereocenters. The summed E-state index contributed by atoms with van der Waals surface area (Å²) in [5.41, 5.74) is 1.11. The van der Waals surface area contributed by atoms with Crippen molar-refractivity contribution in [1.82, 2.24) is 4.90 Å². The maximum Gasteiger partial charge on any atom is 0.317 e. The van der Waals surface area contributed by atoms with Crippen molar-refractivity contribution in [3.8, 4) is 0 Å². The Morgan fingerprint density at radius 1 is 1.35 bits per heavy atom. The van der Waals surface area contributed by atoms with E-state index in [2.05, 4.69) is 15.9 Å². The van der Waals surface area contributed by atoms with Crippen LogP contribution in [-0.2, 0) is 4.79 Å². The first-order chi connectivity index (χ1) is 7.93. The van der Waals surface area contributed by atoms with Gasteiger partial charge in [0.25, 0.3) is 0 Å². The third-order valence-electron chi connectivity index (χ3n) is 2.83. The highest BCUT2D eigenvalue weighted by Crippen LogP contribution is 2.28. The predicted molar refractivity (Wildman–Crippen MR) is 72.0 cm³/mol. The number of carboxylic acids is 1. The van der Waals surface area contributed by atoms with Gasteiger partial charge in [-0.1, -0.05) is 34.1 Å². The fourth-order valence-corrected chi connectivity index (χ4v) is 2.53. The van der Waals surface area contributed by atoms with E-state index in [1.165, 1.54) is 0 Å². The van der Waals surface area contributed by atoms with E-state index in [1.807, 2.05) is 49.9 Å². The first-order valence-corrected chi connectivity index (χ1v) is 6.44. The highest BCUT2D eigenvalue weighted by Gasteiger charge is 2.22. The Balaban J connectivity index is 2.95. The Hall–Kier alpha value is -0.870. The average Bonchev–Trinajstić information content (AvgIpc) is 2.25. The number of benzene rings is 1. The molecule has 1 N–H and O–H groups in total. The lowest BCUT2D eigenvalue weighted by molar-refractivity contribution is -0.139. The number of halogens is 1. The van der Waals surface area contributed by atoms with E-state index >= 15 is 0 Å². The van der Waals surface area contributed by atoms with Gasteiger partial charge < -0.3 is 5.11 Å². The smallest absolute Gasteiger partial charge is 0.317 e. The van der Waals surface area contributed by atoms with Crippen LogP contribution in [0, 0.1) is 0 Å². The van der Waals surface area contributed by atoms with E-state index in [9.17, 15) is 4.79 Å². The van der Waals surface area contributed by atoms with Crippen LogP contribution in [0.5, 0.6) is 0 Å². The summed E-state index contributed by atoms with van der Waals surface area (Å²) in [4.78, 5) is 12.8. The van der Waals surface area contributed by atoms with Crippen molar-refractivity contribution in [3.05, 3.63) is 34.3 Å². The summed E-state index contributed by atoms with van der Waals surface area (Å²) in [7, 11) is 0. The molecule has 0 saturated heterocycles. The van der Waals surface area contributed by atoms with Gasteiger partial charge in [-0.25, -0.2) is 0 Å².